The van der Waals surface area contributed by atoms with Gasteiger partial charge in [0.25, 0.3) is 11.8 Å². The Hall–Kier alpha value is -2.65. The van der Waals surface area contributed by atoms with Crippen molar-refractivity contribution >= 4 is 48.0 Å². The Morgan fingerprint density at radius 2 is 1.84 bits per heavy atom. The summed E-state index contributed by atoms with van der Waals surface area (Å²) in [6.45, 7) is 0.899. The number of aromatic nitrogens is 2. The van der Waals surface area contributed by atoms with E-state index in [9.17, 15) is 14.4 Å². The van der Waals surface area contributed by atoms with Crippen LogP contribution in [0.3, 0.4) is 0 Å². The molecule has 3 heterocycles. The molecule has 8 nitrogen and oxygen atoms in total. The molecule has 158 valence electrons. The van der Waals surface area contributed by atoms with Gasteiger partial charge < -0.3 is 10.2 Å². The van der Waals surface area contributed by atoms with Crippen molar-refractivity contribution in [3.05, 3.63) is 59.7 Å². The van der Waals surface area contributed by atoms with Crippen molar-refractivity contribution < 1.29 is 14.4 Å². The van der Waals surface area contributed by atoms with Gasteiger partial charge in [-0.3, -0.25) is 14.5 Å². The highest BCUT2D eigenvalue weighted by molar-refractivity contribution is 14.2. The third kappa shape index (κ3) is 4.52. The number of rotatable bonds is 3. The first-order valence-electron chi connectivity index (χ1n) is 9.60. The Kier molecular flexibility index (Phi) is 6.43. The first-order chi connectivity index (χ1) is 15.0. The predicted molar refractivity (Wildman–Crippen MR) is 124 cm³/mol. The number of piperidine rings is 1. The minimum atomic E-state index is -0.958. The topological polar surface area (TPSA) is 95.5 Å². The highest BCUT2D eigenvalue weighted by atomic mass is 127. The molecule has 1 aromatic heterocycles. The number of nitrogens with zero attached hydrogens (tertiary/aromatic N) is 4. The molecular weight excluding hydrogens is 529 g/mol. The van der Waals surface area contributed by atoms with E-state index < -0.39 is 11.6 Å². The largest absolute Gasteiger partial charge is 0.336 e. The van der Waals surface area contributed by atoms with Crippen LogP contribution >= 0.6 is 30.1 Å². The maximum atomic E-state index is 13.1. The number of hydrogen-bond acceptors (Lipinski definition) is 6. The minimum Gasteiger partial charge on any atom is -0.336 e. The number of likely N-dealkylation sites (tertiary alicyclic amines) is 1. The van der Waals surface area contributed by atoms with E-state index in [2.05, 4.69) is 47.7 Å². The lowest BCUT2D eigenvalue weighted by molar-refractivity contribution is -0.133. The smallest absolute Gasteiger partial charge is 0.325 e. The number of imide groups is 1. The second-order valence-corrected chi connectivity index (χ2v) is 8.96. The SMILES string of the molecule is O=C(c1ncc(C#CSI)cn1)N1CCC2(CC1)NC(=O)N(Cc1ccccc1)C2=O. The number of hydrogen-bond donors (Lipinski definition) is 1. The van der Waals surface area contributed by atoms with Crippen molar-refractivity contribution in [2.24, 2.45) is 0 Å². The van der Waals surface area contributed by atoms with Gasteiger partial charge in [-0.2, -0.15) is 0 Å². The van der Waals surface area contributed by atoms with Gasteiger partial charge in [0, 0.05) is 46.7 Å². The monoisotopic (exact) mass is 547 g/mol. The second kappa shape index (κ2) is 9.23. The molecule has 0 unspecified atom stereocenters. The summed E-state index contributed by atoms with van der Waals surface area (Å²) in [6.07, 6.45) is 3.75. The number of carbonyl (C=O) groups is 3. The first-order valence-corrected chi connectivity index (χ1v) is 13.0. The van der Waals surface area contributed by atoms with Crippen LogP contribution < -0.4 is 5.32 Å². The molecule has 1 spiro atoms. The summed E-state index contributed by atoms with van der Waals surface area (Å²) in [5, 5.41) is 5.70. The summed E-state index contributed by atoms with van der Waals surface area (Å²) < 4.78 is 0. The van der Waals surface area contributed by atoms with Crippen molar-refractivity contribution in [3.63, 3.8) is 0 Å². The molecule has 0 aliphatic carbocycles. The Labute approximate surface area is 195 Å². The van der Waals surface area contributed by atoms with Gasteiger partial charge >= 0.3 is 6.03 Å². The number of carbonyl (C=O) groups excluding carboxylic acids is 3. The van der Waals surface area contributed by atoms with Gasteiger partial charge in [-0.1, -0.05) is 36.3 Å². The Morgan fingerprint density at radius 3 is 2.48 bits per heavy atom. The molecule has 2 aliphatic heterocycles. The summed E-state index contributed by atoms with van der Waals surface area (Å²) in [5.41, 5.74) is 0.564. The number of amides is 4. The summed E-state index contributed by atoms with van der Waals surface area (Å²) >= 11 is 2.07. The van der Waals surface area contributed by atoms with E-state index in [1.54, 1.807) is 4.90 Å². The Morgan fingerprint density at radius 1 is 1.16 bits per heavy atom. The van der Waals surface area contributed by atoms with Crippen LogP contribution in [0.1, 0.15) is 34.6 Å². The van der Waals surface area contributed by atoms with Crippen LogP contribution in [0.5, 0.6) is 0 Å². The van der Waals surface area contributed by atoms with Crippen LogP contribution in [0.4, 0.5) is 4.79 Å². The Bertz CT molecular complexity index is 1060. The van der Waals surface area contributed by atoms with Gasteiger partial charge in [-0.05, 0) is 32.6 Å². The molecule has 2 fully saturated rings. The van der Waals surface area contributed by atoms with Crippen LogP contribution in [-0.2, 0) is 11.3 Å². The van der Waals surface area contributed by atoms with Gasteiger partial charge in [0.05, 0.1) is 12.1 Å². The molecule has 1 aromatic carbocycles. The normalized spacial score (nSPS) is 17.3. The van der Waals surface area contributed by atoms with Gasteiger partial charge in [-0.25, -0.2) is 14.8 Å². The van der Waals surface area contributed by atoms with Gasteiger partial charge in [0.15, 0.2) is 0 Å². The van der Waals surface area contributed by atoms with E-state index in [1.807, 2.05) is 30.3 Å². The highest BCUT2D eigenvalue weighted by Crippen LogP contribution is 2.30. The molecule has 0 bridgehead atoms. The average molecular weight is 547 g/mol. The van der Waals surface area contributed by atoms with E-state index in [-0.39, 0.29) is 24.2 Å². The molecule has 0 saturated carbocycles. The van der Waals surface area contributed by atoms with E-state index >= 15 is 0 Å². The van der Waals surface area contributed by atoms with Crippen LogP contribution in [0.15, 0.2) is 42.7 Å². The molecule has 2 aliphatic rings. The Balaban J connectivity index is 1.40. The zero-order chi connectivity index (χ0) is 21.8. The number of benzene rings is 1. The molecule has 4 amide bonds. The molecule has 4 rings (SSSR count). The van der Waals surface area contributed by atoms with Gasteiger partial charge in [0.2, 0.25) is 5.82 Å². The fourth-order valence-electron chi connectivity index (χ4n) is 3.74. The fourth-order valence-corrected chi connectivity index (χ4v) is 4.23. The van der Waals surface area contributed by atoms with Gasteiger partial charge in [0.1, 0.15) is 5.54 Å². The first kappa shape index (κ1) is 21.6. The molecule has 31 heavy (non-hydrogen) atoms. The van der Waals surface area contributed by atoms with Crippen LogP contribution in [-0.4, -0.2) is 56.2 Å². The predicted octanol–water partition coefficient (Wildman–Crippen LogP) is 2.60. The van der Waals surface area contributed by atoms with E-state index in [1.165, 1.54) is 26.2 Å². The van der Waals surface area contributed by atoms with Crippen molar-refractivity contribution in [2.75, 3.05) is 13.1 Å². The molecule has 1 N–H and O–H groups in total. The maximum absolute atomic E-state index is 13.1. The van der Waals surface area contributed by atoms with E-state index in [0.717, 1.165) is 5.56 Å². The summed E-state index contributed by atoms with van der Waals surface area (Å²) in [6, 6.07) is 9.00. The summed E-state index contributed by atoms with van der Waals surface area (Å²) in [4.78, 5) is 49.4. The van der Waals surface area contributed by atoms with E-state index in [0.29, 0.717) is 31.5 Å². The van der Waals surface area contributed by atoms with Crippen molar-refractivity contribution in [2.45, 2.75) is 24.9 Å². The third-order valence-corrected chi connectivity index (χ3v) is 6.25. The number of halogens is 1. The zero-order valence-corrected chi connectivity index (χ0v) is 19.4. The fraction of sp³-hybridized carbons (Fsp3) is 0.286. The lowest BCUT2D eigenvalue weighted by Gasteiger charge is -2.37. The summed E-state index contributed by atoms with van der Waals surface area (Å²) in [5.74, 6) is 2.44. The molecular formula is C21H18IN5O3S. The third-order valence-electron chi connectivity index (χ3n) is 5.41. The van der Waals surface area contributed by atoms with Crippen LogP contribution in [0.2, 0.25) is 0 Å². The molecule has 2 aromatic rings. The molecule has 0 atom stereocenters. The highest BCUT2D eigenvalue weighted by Gasteiger charge is 2.52. The van der Waals surface area contributed by atoms with Crippen molar-refractivity contribution in [3.8, 4) is 11.2 Å². The van der Waals surface area contributed by atoms with Crippen LogP contribution in [0.25, 0.3) is 0 Å². The number of urea groups is 1. The van der Waals surface area contributed by atoms with Gasteiger partial charge in [-0.15, -0.1) is 0 Å². The lowest BCUT2D eigenvalue weighted by Crippen LogP contribution is -2.56. The second-order valence-electron chi connectivity index (χ2n) is 7.28. The molecule has 10 heteroatoms. The van der Waals surface area contributed by atoms with E-state index in [4.69, 9.17) is 0 Å². The standard InChI is InChI=1S/C21H18IN5O3S/c22-31-11-6-16-12-23-17(24-13-16)18(28)26-9-7-21(8-10-26)19(29)27(20(30)25-21)14-15-4-2-1-3-5-15/h1-5,12-13H,7-10,14H2,(H,25,30). The number of nitrogens with one attached hydrogen (secondary N) is 1. The molecule has 2 saturated heterocycles. The summed E-state index contributed by atoms with van der Waals surface area (Å²) in [7, 11) is 1.36. The van der Waals surface area contributed by atoms with Crippen molar-refractivity contribution in [1.29, 1.82) is 0 Å². The lowest BCUT2D eigenvalue weighted by atomic mass is 9.87. The van der Waals surface area contributed by atoms with Crippen molar-refractivity contribution in [1.82, 2.24) is 25.1 Å². The quantitative estimate of drug-likeness (QED) is 0.361. The van der Waals surface area contributed by atoms with Crippen LogP contribution in [0, 0.1) is 11.2 Å². The zero-order valence-electron chi connectivity index (χ0n) is 16.4. The maximum Gasteiger partial charge on any atom is 0.325 e. The minimum absolute atomic E-state index is 0.0936. The average Bonchev–Trinajstić information content (AvgIpc) is 3.03. The molecule has 0 radical (unpaired) electrons.